The molecule has 0 saturated carbocycles. The Balaban J connectivity index is 2.96. The molecule has 7 heteroatoms. The number of ether oxygens (including phenoxy) is 1. The first-order valence-corrected chi connectivity index (χ1v) is 8.75. The molecule has 1 aromatic carbocycles. The normalized spacial score (nSPS) is 10.8. The number of hydrogen-bond donors (Lipinski definition) is 2. The van der Waals surface area contributed by atoms with E-state index in [1.807, 2.05) is 28.7 Å². The van der Waals surface area contributed by atoms with Gasteiger partial charge in [0.25, 0.3) is 0 Å². The summed E-state index contributed by atoms with van der Waals surface area (Å²) in [6.07, 6.45) is -0.579. The first-order valence-electron chi connectivity index (χ1n) is 5.07. The predicted octanol–water partition coefficient (Wildman–Crippen LogP) is 3.00. The van der Waals surface area contributed by atoms with Crippen molar-refractivity contribution >= 4 is 73.7 Å². The predicted molar refractivity (Wildman–Crippen MR) is 92.8 cm³/mol. The highest BCUT2D eigenvalue weighted by Crippen LogP contribution is 2.32. The number of aliphatic hydroxyl groups excluding tert-OH is 1. The van der Waals surface area contributed by atoms with Crippen molar-refractivity contribution < 1.29 is 19.7 Å². The van der Waals surface area contributed by atoms with Crippen LogP contribution in [-0.2, 0) is 4.79 Å². The third-order valence-corrected chi connectivity index (χ3v) is 4.23. The lowest BCUT2D eigenvalue weighted by molar-refractivity contribution is -0.134. The number of aliphatic hydroxyl groups is 2. The van der Waals surface area contributed by atoms with Crippen LogP contribution in [-0.4, -0.2) is 20.6 Å². The van der Waals surface area contributed by atoms with Gasteiger partial charge in [-0.05, 0) is 63.7 Å². The second-order valence-electron chi connectivity index (χ2n) is 3.45. The molecule has 0 atom stereocenters. The number of hydrogen-bond acceptors (Lipinski definition) is 4. The van der Waals surface area contributed by atoms with Crippen LogP contribution in [0.1, 0.15) is 24.7 Å². The van der Waals surface area contributed by atoms with E-state index < -0.39 is 6.29 Å². The first-order chi connectivity index (χ1) is 8.45. The van der Waals surface area contributed by atoms with Crippen molar-refractivity contribution in [2.24, 2.45) is 0 Å². The summed E-state index contributed by atoms with van der Waals surface area (Å²) in [5.41, 5.74) is 0.217. The summed E-state index contributed by atoms with van der Waals surface area (Å²) in [4.78, 5) is 11.6. The van der Waals surface area contributed by atoms with Gasteiger partial charge in [0.15, 0.2) is 12.0 Å². The molecule has 1 aromatic rings. The highest BCUT2D eigenvalue weighted by atomic mass is 127. The Kier molecular flexibility index (Phi) is 7.65. The maximum atomic E-state index is 11.6. The molecule has 0 aromatic heterocycles. The Bertz CT molecular complexity index is 435. The van der Waals surface area contributed by atoms with Crippen LogP contribution in [0.15, 0.2) is 12.1 Å². The van der Waals surface area contributed by atoms with Crippen LogP contribution in [0.25, 0.3) is 0 Å². The molecule has 0 saturated heterocycles. The molecule has 18 heavy (non-hydrogen) atoms. The Hall–Kier alpha value is 0.800. The number of halogens is 3. The SMILES string of the molecule is O=C(CCCI)Oc1c(I)cc(I)cc1C(O)O. The van der Waals surface area contributed by atoms with Crippen LogP contribution in [0, 0.1) is 7.14 Å². The molecule has 2 N–H and O–H groups in total. The van der Waals surface area contributed by atoms with Crippen molar-refractivity contribution in [3.8, 4) is 5.75 Å². The van der Waals surface area contributed by atoms with Crippen LogP contribution in [0.5, 0.6) is 5.75 Å². The van der Waals surface area contributed by atoms with Gasteiger partial charge in [0.1, 0.15) is 0 Å². The van der Waals surface area contributed by atoms with Gasteiger partial charge in [0.05, 0.1) is 9.13 Å². The number of esters is 1. The Labute approximate surface area is 146 Å². The smallest absolute Gasteiger partial charge is 0.311 e. The molecule has 0 spiro atoms. The van der Waals surface area contributed by atoms with Crippen molar-refractivity contribution in [2.75, 3.05) is 4.43 Å². The summed E-state index contributed by atoms with van der Waals surface area (Å²) in [6, 6.07) is 3.41. The summed E-state index contributed by atoms with van der Waals surface area (Å²) in [6.45, 7) is 0. The molecular formula is C11H11I3O4. The third-order valence-electron chi connectivity index (χ3n) is 2.05. The number of rotatable bonds is 5. The van der Waals surface area contributed by atoms with Gasteiger partial charge in [-0.3, -0.25) is 4.79 Å². The van der Waals surface area contributed by atoms with Crippen molar-refractivity contribution in [1.82, 2.24) is 0 Å². The minimum Gasteiger partial charge on any atom is -0.425 e. The second-order valence-corrected chi connectivity index (χ2v) is 6.93. The van der Waals surface area contributed by atoms with E-state index in [-0.39, 0.29) is 17.3 Å². The summed E-state index contributed by atoms with van der Waals surface area (Å²) in [5.74, 6) is -0.114. The summed E-state index contributed by atoms with van der Waals surface area (Å²) >= 11 is 6.27. The molecular weight excluding hydrogens is 577 g/mol. The molecule has 4 nitrogen and oxygen atoms in total. The summed E-state index contributed by atoms with van der Waals surface area (Å²) in [7, 11) is 0. The van der Waals surface area contributed by atoms with E-state index in [0.717, 1.165) is 14.4 Å². The second kappa shape index (κ2) is 8.17. The van der Waals surface area contributed by atoms with E-state index in [4.69, 9.17) is 4.74 Å². The molecule has 0 heterocycles. The maximum absolute atomic E-state index is 11.6. The summed E-state index contributed by atoms with van der Waals surface area (Å²) in [5, 5.41) is 18.6. The Morgan fingerprint density at radius 2 is 2.00 bits per heavy atom. The van der Waals surface area contributed by atoms with Crippen LogP contribution in [0.2, 0.25) is 0 Å². The topological polar surface area (TPSA) is 66.8 Å². The van der Waals surface area contributed by atoms with Crippen LogP contribution in [0.3, 0.4) is 0 Å². The van der Waals surface area contributed by atoms with Crippen molar-refractivity contribution in [2.45, 2.75) is 19.1 Å². The highest BCUT2D eigenvalue weighted by Gasteiger charge is 2.18. The monoisotopic (exact) mass is 588 g/mol. The van der Waals surface area contributed by atoms with Crippen molar-refractivity contribution in [3.63, 3.8) is 0 Å². The van der Waals surface area contributed by atoms with Gasteiger partial charge in [-0.2, -0.15) is 0 Å². The molecule has 0 radical (unpaired) electrons. The average molecular weight is 588 g/mol. The fraction of sp³-hybridized carbons (Fsp3) is 0.364. The number of alkyl halides is 1. The summed E-state index contributed by atoms with van der Waals surface area (Å²) < 4.78 is 7.64. The Morgan fingerprint density at radius 3 is 2.56 bits per heavy atom. The molecule has 1 rings (SSSR count). The zero-order valence-corrected chi connectivity index (χ0v) is 15.7. The molecule has 0 amide bonds. The lowest BCUT2D eigenvalue weighted by atomic mass is 10.2. The minimum atomic E-state index is -1.65. The maximum Gasteiger partial charge on any atom is 0.311 e. The molecule has 0 aliphatic carbocycles. The van der Waals surface area contributed by atoms with Gasteiger partial charge < -0.3 is 14.9 Å². The van der Waals surface area contributed by atoms with E-state index >= 15 is 0 Å². The molecule has 0 aliphatic heterocycles. The largest absolute Gasteiger partial charge is 0.425 e. The van der Waals surface area contributed by atoms with Crippen LogP contribution >= 0.6 is 67.8 Å². The van der Waals surface area contributed by atoms with Gasteiger partial charge in [-0.15, -0.1) is 0 Å². The van der Waals surface area contributed by atoms with Crippen molar-refractivity contribution in [3.05, 3.63) is 24.8 Å². The average Bonchev–Trinajstić information content (AvgIpc) is 2.29. The van der Waals surface area contributed by atoms with E-state index in [1.54, 1.807) is 6.07 Å². The molecule has 0 fully saturated rings. The van der Waals surface area contributed by atoms with E-state index in [1.165, 1.54) is 0 Å². The van der Waals surface area contributed by atoms with Gasteiger partial charge in [0.2, 0.25) is 0 Å². The quantitative estimate of drug-likeness (QED) is 0.183. The fourth-order valence-electron chi connectivity index (χ4n) is 1.26. The molecule has 0 aliphatic rings. The number of carbonyl (C=O) groups is 1. The fourth-order valence-corrected chi connectivity index (χ4v) is 3.64. The molecule has 100 valence electrons. The first kappa shape index (κ1) is 16.9. The van der Waals surface area contributed by atoms with Gasteiger partial charge in [-0.1, -0.05) is 22.6 Å². The van der Waals surface area contributed by atoms with E-state index in [9.17, 15) is 15.0 Å². The lowest BCUT2D eigenvalue weighted by Gasteiger charge is -2.14. The number of carbonyl (C=O) groups excluding carboxylic acids is 1. The molecule has 0 unspecified atom stereocenters. The van der Waals surface area contributed by atoms with E-state index in [0.29, 0.717) is 9.99 Å². The van der Waals surface area contributed by atoms with Gasteiger partial charge in [0, 0.05) is 14.4 Å². The lowest BCUT2D eigenvalue weighted by Crippen LogP contribution is -2.12. The molecule has 0 bridgehead atoms. The zero-order valence-electron chi connectivity index (χ0n) is 9.20. The minimum absolute atomic E-state index is 0.217. The van der Waals surface area contributed by atoms with Crippen LogP contribution < -0.4 is 4.74 Å². The highest BCUT2D eigenvalue weighted by molar-refractivity contribution is 14.1. The van der Waals surface area contributed by atoms with Gasteiger partial charge >= 0.3 is 5.97 Å². The number of benzene rings is 1. The van der Waals surface area contributed by atoms with Crippen molar-refractivity contribution in [1.29, 1.82) is 0 Å². The third kappa shape index (κ3) is 5.06. The van der Waals surface area contributed by atoms with Crippen LogP contribution in [0.4, 0.5) is 0 Å². The Morgan fingerprint density at radius 1 is 1.33 bits per heavy atom. The zero-order chi connectivity index (χ0) is 13.7. The van der Waals surface area contributed by atoms with Gasteiger partial charge in [-0.25, -0.2) is 0 Å². The standard InChI is InChI=1S/C11H11I3O4/c12-3-1-2-9(15)18-10-7(11(16)17)4-6(13)5-8(10)14/h4-5,11,16-17H,1-3H2. The van der Waals surface area contributed by atoms with E-state index in [2.05, 4.69) is 45.2 Å².